The average Bonchev–Trinajstić information content (AvgIpc) is 2.87. The summed E-state index contributed by atoms with van der Waals surface area (Å²) in [6.07, 6.45) is 6.22. The Balaban J connectivity index is 1.43. The molecule has 1 fully saturated rings. The molecule has 2 aliphatic rings. The van der Waals surface area contributed by atoms with Gasteiger partial charge in [-0.05, 0) is 43.1 Å². The molecule has 4 rings (SSSR count). The van der Waals surface area contributed by atoms with E-state index >= 15 is 0 Å². The van der Waals surface area contributed by atoms with Crippen LogP contribution in [0.25, 0.3) is 6.08 Å². The van der Waals surface area contributed by atoms with Gasteiger partial charge < -0.3 is 4.90 Å². The molecule has 1 spiro atoms. The lowest BCUT2D eigenvalue weighted by atomic mass is 9.73. The monoisotopic (exact) mass is 332 g/mol. The van der Waals surface area contributed by atoms with Crippen molar-refractivity contribution in [3.8, 4) is 0 Å². The minimum atomic E-state index is -0.301. The van der Waals surface area contributed by atoms with Crippen LogP contribution in [0, 0.1) is 0 Å². The second-order valence-electron chi connectivity index (χ2n) is 7.08. The fourth-order valence-electron chi connectivity index (χ4n) is 4.22. The lowest BCUT2D eigenvalue weighted by molar-refractivity contribution is -0.124. The molecule has 25 heavy (non-hydrogen) atoms. The third-order valence-corrected chi connectivity index (χ3v) is 5.68. The van der Waals surface area contributed by atoms with Crippen molar-refractivity contribution in [2.24, 2.45) is 0 Å². The third-order valence-electron chi connectivity index (χ3n) is 5.68. The van der Waals surface area contributed by atoms with Crippen molar-refractivity contribution in [2.45, 2.75) is 18.3 Å². The number of piperidine rings is 1. The van der Waals surface area contributed by atoms with Gasteiger partial charge in [-0.25, -0.2) is 0 Å². The summed E-state index contributed by atoms with van der Waals surface area (Å²) in [5.41, 5.74) is 3.25. The van der Waals surface area contributed by atoms with Gasteiger partial charge in [-0.3, -0.25) is 9.69 Å². The summed E-state index contributed by atoms with van der Waals surface area (Å²) < 4.78 is 0. The van der Waals surface area contributed by atoms with Crippen molar-refractivity contribution >= 4 is 17.7 Å². The highest BCUT2D eigenvalue weighted by atomic mass is 16.2. The first-order chi connectivity index (χ1) is 12.2. The Bertz CT molecular complexity index is 789. The van der Waals surface area contributed by atoms with Crippen molar-refractivity contribution in [1.29, 1.82) is 0 Å². The molecule has 0 aromatic heterocycles. The number of hydrogen-bond donors (Lipinski definition) is 0. The van der Waals surface area contributed by atoms with Gasteiger partial charge in [0.05, 0.1) is 5.41 Å². The number of likely N-dealkylation sites (N-methyl/N-ethyl adjacent to an activating group) is 1. The Hall–Kier alpha value is -2.39. The first-order valence-corrected chi connectivity index (χ1v) is 9.02. The summed E-state index contributed by atoms with van der Waals surface area (Å²) in [7, 11) is 1.91. The zero-order valence-corrected chi connectivity index (χ0v) is 14.7. The maximum Gasteiger partial charge on any atom is 0.237 e. The average molecular weight is 332 g/mol. The van der Waals surface area contributed by atoms with Crippen LogP contribution in [0.4, 0.5) is 5.69 Å². The number of rotatable bonds is 3. The largest absolute Gasteiger partial charge is 0.314 e. The predicted molar refractivity (Wildman–Crippen MR) is 103 cm³/mol. The molecule has 1 amide bonds. The minimum Gasteiger partial charge on any atom is -0.314 e. The fraction of sp³-hybridized carbons (Fsp3) is 0.318. The second-order valence-corrected chi connectivity index (χ2v) is 7.08. The second kappa shape index (κ2) is 6.49. The summed E-state index contributed by atoms with van der Waals surface area (Å²) in [5, 5.41) is 0. The van der Waals surface area contributed by atoms with Crippen LogP contribution in [0.1, 0.15) is 24.0 Å². The maximum atomic E-state index is 12.9. The van der Waals surface area contributed by atoms with Crippen LogP contribution >= 0.6 is 0 Å². The summed E-state index contributed by atoms with van der Waals surface area (Å²) in [6.45, 7) is 2.87. The van der Waals surface area contributed by atoms with E-state index in [1.807, 2.05) is 24.1 Å². The molecule has 0 bridgehead atoms. The van der Waals surface area contributed by atoms with E-state index in [0.717, 1.165) is 38.2 Å². The number of hydrogen-bond acceptors (Lipinski definition) is 2. The van der Waals surface area contributed by atoms with Crippen LogP contribution in [0.15, 0.2) is 60.7 Å². The van der Waals surface area contributed by atoms with E-state index in [4.69, 9.17) is 0 Å². The molecule has 0 saturated carbocycles. The fourth-order valence-corrected chi connectivity index (χ4v) is 4.22. The highest BCUT2D eigenvalue weighted by Crippen LogP contribution is 2.47. The number of para-hydroxylation sites is 1. The third kappa shape index (κ3) is 2.79. The van der Waals surface area contributed by atoms with Gasteiger partial charge >= 0.3 is 0 Å². The number of likely N-dealkylation sites (tertiary alicyclic amines) is 1. The molecule has 3 heteroatoms. The molecule has 0 aliphatic carbocycles. The van der Waals surface area contributed by atoms with Crippen LogP contribution in [0.2, 0.25) is 0 Å². The standard InChI is InChI=1S/C22H24N2O/c1-23-20-12-6-5-11-19(20)22(21(23)25)13-16-24(17-14-22)15-7-10-18-8-3-2-4-9-18/h2-12H,13-17H2,1H3. The van der Waals surface area contributed by atoms with Gasteiger partial charge in [-0.15, -0.1) is 0 Å². The van der Waals surface area contributed by atoms with Crippen molar-refractivity contribution in [3.63, 3.8) is 0 Å². The van der Waals surface area contributed by atoms with E-state index in [1.54, 1.807) is 0 Å². The number of carbonyl (C=O) groups excluding carboxylic acids is 1. The van der Waals surface area contributed by atoms with E-state index in [1.165, 1.54) is 11.1 Å². The van der Waals surface area contributed by atoms with Crippen LogP contribution in [0.5, 0.6) is 0 Å². The smallest absolute Gasteiger partial charge is 0.237 e. The minimum absolute atomic E-state index is 0.271. The molecule has 0 N–H and O–H groups in total. The molecule has 0 unspecified atom stereocenters. The molecule has 3 nitrogen and oxygen atoms in total. The van der Waals surface area contributed by atoms with E-state index in [-0.39, 0.29) is 11.3 Å². The Morgan fingerprint density at radius 1 is 1.00 bits per heavy atom. The van der Waals surface area contributed by atoms with Crippen molar-refractivity contribution in [2.75, 3.05) is 31.6 Å². The normalized spacial score (nSPS) is 19.7. The van der Waals surface area contributed by atoms with Gasteiger partial charge in [-0.2, -0.15) is 0 Å². The van der Waals surface area contributed by atoms with E-state index in [0.29, 0.717) is 0 Å². The highest BCUT2D eigenvalue weighted by Gasteiger charge is 2.50. The molecule has 2 aromatic carbocycles. The number of fused-ring (bicyclic) bond motifs is 2. The predicted octanol–water partition coefficient (Wildman–Crippen LogP) is 3.71. The number of amides is 1. The Labute approximate surface area is 149 Å². The summed E-state index contributed by atoms with van der Waals surface area (Å²) >= 11 is 0. The molecular formula is C22H24N2O. The molecule has 1 saturated heterocycles. The van der Waals surface area contributed by atoms with Crippen LogP contribution < -0.4 is 4.90 Å². The van der Waals surface area contributed by atoms with Crippen LogP contribution in [-0.4, -0.2) is 37.5 Å². The number of nitrogens with zero attached hydrogens (tertiary/aromatic N) is 2. The Morgan fingerprint density at radius 3 is 2.44 bits per heavy atom. The molecular weight excluding hydrogens is 308 g/mol. The van der Waals surface area contributed by atoms with E-state index in [2.05, 4.69) is 59.5 Å². The molecule has 2 heterocycles. The van der Waals surface area contributed by atoms with Gasteiger partial charge in [0.1, 0.15) is 0 Å². The number of anilines is 1. The topological polar surface area (TPSA) is 23.6 Å². The number of benzene rings is 2. The molecule has 0 radical (unpaired) electrons. The van der Waals surface area contributed by atoms with E-state index in [9.17, 15) is 4.79 Å². The molecule has 2 aromatic rings. The molecule has 128 valence electrons. The van der Waals surface area contributed by atoms with E-state index < -0.39 is 0 Å². The summed E-state index contributed by atoms with van der Waals surface area (Å²) in [6, 6.07) is 18.7. The van der Waals surface area contributed by atoms with Gasteiger partial charge in [0.25, 0.3) is 0 Å². The first kappa shape index (κ1) is 16.1. The Morgan fingerprint density at radius 2 is 1.68 bits per heavy atom. The SMILES string of the molecule is CN1C(=O)C2(CCN(CC=Cc3ccccc3)CC2)c2ccccc21. The van der Waals surface area contributed by atoms with Crippen LogP contribution in [0.3, 0.4) is 0 Å². The molecule has 0 atom stereocenters. The zero-order chi connectivity index (χ0) is 17.3. The lowest BCUT2D eigenvalue weighted by Crippen LogP contribution is -2.48. The highest BCUT2D eigenvalue weighted by molar-refractivity contribution is 6.07. The van der Waals surface area contributed by atoms with Crippen molar-refractivity contribution < 1.29 is 4.79 Å². The molecule has 2 aliphatic heterocycles. The van der Waals surface area contributed by atoms with Crippen molar-refractivity contribution in [1.82, 2.24) is 4.90 Å². The van der Waals surface area contributed by atoms with Crippen molar-refractivity contribution in [3.05, 3.63) is 71.8 Å². The summed E-state index contributed by atoms with van der Waals surface area (Å²) in [4.78, 5) is 17.2. The van der Waals surface area contributed by atoms with Gasteiger partial charge in [0.2, 0.25) is 5.91 Å². The zero-order valence-electron chi connectivity index (χ0n) is 14.7. The Kier molecular flexibility index (Phi) is 4.18. The van der Waals surface area contributed by atoms with Crippen LogP contribution in [-0.2, 0) is 10.2 Å². The maximum absolute atomic E-state index is 12.9. The quantitative estimate of drug-likeness (QED) is 0.855. The van der Waals surface area contributed by atoms with Gasteiger partial charge in [-0.1, -0.05) is 60.7 Å². The van der Waals surface area contributed by atoms with Gasteiger partial charge in [0, 0.05) is 19.3 Å². The number of carbonyl (C=O) groups is 1. The lowest BCUT2D eigenvalue weighted by Gasteiger charge is -2.38. The summed E-state index contributed by atoms with van der Waals surface area (Å²) in [5.74, 6) is 0.271. The first-order valence-electron chi connectivity index (χ1n) is 9.02. The van der Waals surface area contributed by atoms with Gasteiger partial charge in [0.15, 0.2) is 0 Å².